The number of anilines is 1. The zero-order chi connectivity index (χ0) is 21.3. The van der Waals surface area contributed by atoms with Gasteiger partial charge in [0.1, 0.15) is 0 Å². The fourth-order valence-corrected chi connectivity index (χ4v) is 3.53. The Morgan fingerprint density at radius 2 is 1.70 bits per heavy atom. The van der Waals surface area contributed by atoms with Crippen LogP contribution in [0.4, 0.5) is 5.69 Å². The number of nitrogens with two attached hydrogens (primary N) is 1. The first-order valence-corrected chi connectivity index (χ1v) is 10.2. The Bertz CT molecular complexity index is 982. The minimum Gasteiger partial charge on any atom is -0.361 e. The molecule has 0 bridgehead atoms. The molecular weight excluding hydrogens is 380 g/mol. The lowest BCUT2D eigenvalue weighted by molar-refractivity contribution is -0.129. The van der Waals surface area contributed by atoms with Gasteiger partial charge in [0.2, 0.25) is 11.8 Å². The molecule has 0 unspecified atom stereocenters. The van der Waals surface area contributed by atoms with E-state index < -0.39 is 0 Å². The second kappa shape index (κ2) is 10.6. The van der Waals surface area contributed by atoms with Crippen molar-refractivity contribution in [2.45, 2.75) is 32.1 Å². The van der Waals surface area contributed by atoms with Gasteiger partial charge in [0.15, 0.2) is 0 Å². The number of unbranched alkanes of at least 4 members (excludes halogenated alkanes) is 3. The van der Waals surface area contributed by atoms with E-state index in [1.54, 1.807) is 10.4 Å². The van der Waals surface area contributed by atoms with E-state index in [0.29, 0.717) is 19.4 Å². The number of hydrogen-bond donors (Lipinski definition) is 4. The summed E-state index contributed by atoms with van der Waals surface area (Å²) in [5.41, 5.74) is 11.4. The number of carbonyl (C=O) groups is 2. The van der Waals surface area contributed by atoms with Crippen LogP contribution in [-0.4, -0.2) is 35.1 Å². The molecule has 0 radical (unpaired) electrons. The summed E-state index contributed by atoms with van der Waals surface area (Å²) in [5.74, 6) is -0.486. The van der Waals surface area contributed by atoms with Crippen molar-refractivity contribution >= 4 is 28.4 Å². The number of fused-ring (bicyclic) bond motifs is 1. The highest BCUT2D eigenvalue weighted by molar-refractivity contribution is 5.95. The molecule has 0 aliphatic rings. The molecule has 158 valence electrons. The van der Waals surface area contributed by atoms with E-state index in [-0.39, 0.29) is 18.4 Å². The molecule has 5 N–H and O–H groups in total. The molecule has 30 heavy (non-hydrogen) atoms. The highest BCUT2D eigenvalue weighted by Gasteiger charge is 2.14. The molecule has 0 aliphatic heterocycles. The van der Waals surface area contributed by atoms with Crippen LogP contribution in [0.3, 0.4) is 0 Å². The number of rotatable bonds is 10. The zero-order valence-electron chi connectivity index (χ0n) is 16.9. The molecule has 3 aromatic rings. The summed E-state index contributed by atoms with van der Waals surface area (Å²) in [5, 5.41) is 9.67. The van der Waals surface area contributed by atoms with Gasteiger partial charge in [0, 0.05) is 30.4 Å². The smallest absolute Gasteiger partial charge is 0.243 e. The number of carbonyl (C=O) groups excluding carboxylic acids is 2. The Balaban J connectivity index is 1.61. The second-order valence-electron chi connectivity index (χ2n) is 7.28. The average Bonchev–Trinajstić information content (AvgIpc) is 3.26. The van der Waals surface area contributed by atoms with Crippen LogP contribution in [0, 0.1) is 0 Å². The van der Waals surface area contributed by atoms with Crippen molar-refractivity contribution in [3.05, 3.63) is 54.7 Å². The Morgan fingerprint density at radius 3 is 2.43 bits per heavy atom. The number of aromatic amines is 1. The standard InChI is InChI=1S/C23H28N4O3/c24-16-23(29)27(14-4-2-1-3-5-22(28)26-30)20-10-8-17(9-11-20)19-7-6-18-12-13-25-21(18)15-19/h6-13,15,25,30H,1-5,14,16,24H2,(H,26,28). The Hall–Kier alpha value is -3.16. The normalized spacial score (nSPS) is 10.9. The third-order valence-electron chi connectivity index (χ3n) is 5.20. The van der Waals surface area contributed by atoms with E-state index in [1.807, 2.05) is 36.5 Å². The predicted molar refractivity (Wildman–Crippen MR) is 118 cm³/mol. The molecule has 0 aliphatic carbocycles. The number of hydroxylamine groups is 1. The second-order valence-corrected chi connectivity index (χ2v) is 7.28. The third kappa shape index (κ3) is 5.46. The maximum absolute atomic E-state index is 12.3. The topological polar surface area (TPSA) is 111 Å². The van der Waals surface area contributed by atoms with Crippen LogP contribution in [0.25, 0.3) is 22.0 Å². The Morgan fingerprint density at radius 1 is 0.967 bits per heavy atom. The van der Waals surface area contributed by atoms with Crippen molar-refractivity contribution in [1.82, 2.24) is 10.5 Å². The maximum Gasteiger partial charge on any atom is 0.243 e. The molecule has 1 heterocycles. The van der Waals surface area contributed by atoms with Crippen molar-refractivity contribution in [1.29, 1.82) is 0 Å². The van der Waals surface area contributed by atoms with E-state index in [4.69, 9.17) is 10.9 Å². The summed E-state index contributed by atoms with van der Waals surface area (Å²) in [7, 11) is 0. The Kier molecular flexibility index (Phi) is 7.59. The van der Waals surface area contributed by atoms with Gasteiger partial charge in [0.25, 0.3) is 0 Å². The number of H-pyrrole nitrogens is 1. The molecule has 0 atom stereocenters. The number of aromatic nitrogens is 1. The van der Waals surface area contributed by atoms with Crippen LogP contribution in [0.15, 0.2) is 54.7 Å². The molecule has 0 spiro atoms. The van der Waals surface area contributed by atoms with Gasteiger partial charge in [-0.05, 0) is 53.6 Å². The van der Waals surface area contributed by atoms with E-state index in [9.17, 15) is 9.59 Å². The number of benzene rings is 2. The van der Waals surface area contributed by atoms with Crippen LogP contribution < -0.4 is 16.1 Å². The van der Waals surface area contributed by atoms with Crippen molar-refractivity contribution in [3.8, 4) is 11.1 Å². The van der Waals surface area contributed by atoms with Crippen LogP contribution in [0.1, 0.15) is 32.1 Å². The summed E-state index contributed by atoms with van der Waals surface area (Å²) in [6.07, 6.45) is 5.50. The summed E-state index contributed by atoms with van der Waals surface area (Å²) >= 11 is 0. The number of amides is 2. The molecular formula is C23H28N4O3. The summed E-state index contributed by atoms with van der Waals surface area (Å²) in [4.78, 5) is 28.3. The molecule has 1 aromatic heterocycles. The maximum atomic E-state index is 12.3. The van der Waals surface area contributed by atoms with Crippen LogP contribution >= 0.6 is 0 Å². The number of nitrogens with one attached hydrogen (secondary N) is 2. The summed E-state index contributed by atoms with van der Waals surface area (Å²) < 4.78 is 0. The summed E-state index contributed by atoms with van der Waals surface area (Å²) in [6, 6.07) is 16.3. The first kappa shape index (κ1) is 21.5. The predicted octanol–water partition coefficient (Wildman–Crippen LogP) is 3.58. The van der Waals surface area contributed by atoms with Crippen LogP contribution in [-0.2, 0) is 9.59 Å². The molecule has 3 rings (SSSR count). The van der Waals surface area contributed by atoms with Gasteiger partial charge in [-0.15, -0.1) is 0 Å². The van der Waals surface area contributed by atoms with Crippen molar-refractivity contribution in [2.75, 3.05) is 18.0 Å². The molecule has 0 fully saturated rings. The highest BCUT2D eigenvalue weighted by Crippen LogP contribution is 2.26. The van der Waals surface area contributed by atoms with Crippen molar-refractivity contribution < 1.29 is 14.8 Å². The van der Waals surface area contributed by atoms with Crippen molar-refractivity contribution in [2.24, 2.45) is 5.73 Å². The first-order chi connectivity index (χ1) is 14.6. The molecule has 2 amide bonds. The molecule has 0 saturated heterocycles. The fraction of sp³-hybridized carbons (Fsp3) is 0.304. The van der Waals surface area contributed by atoms with Gasteiger partial charge in [-0.1, -0.05) is 37.1 Å². The number of hydrogen-bond acceptors (Lipinski definition) is 4. The molecule has 7 nitrogen and oxygen atoms in total. The van der Waals surface area contributed by atoms with Crippen molar-refractivity contribution in [3.63, 3.8) is 0 Å². The van der Waals surface area contributed by atoms with Gasteiger partial charge in [0.05, 0.1) is 6.54 Å². The van der Waals surface area contributed by atoms with Gasteiger partial charge in [-0.2, -0.15) is 0 Å². The lowest BCUT2D eigenvalue weighted by atomic mass is 10.0. The lowest BCUT2D eigenvalue weighted by Gasteiger charge is -2.22. The van der Waals surface area contributed by atoms with Crippen LogP contribution in [0.2, 0.25) is 0 Å². The van der Waals surface area contributed by atoms with Gasteiger partial charge >= 0.3 is 0 Å². The minimum atomic E-state index is -0.370. The SMILES string of the molecule is NCC(=O)N(CCCCCCC(=O)NO)c1ccc(-c2ccc3cc[nH]c3c2)cc1. The lowest BCUT2D eigenvalue weighted by Crippen LogP contribution is -2.36. The third-order valence-corrected chi connectivity index (χ3v) is 5.20. The Labute approximate surface area is 175 Å². The van der Waals surface area contributed by atoms with Crippen LogP contribution in [0.5, 0.6) is 0 Å². The first-order valence-electron chi connectivity index (χ1n) is 10.2. The zero-order valence-corrected chi connectivity index (χ0v) is 16.9. The molecule has 0 saturated carbocycles. The van der Waals surface area contributed by atoms with E-state index in [0.717, 1.165) is 41.6 Å². The van der Waals surface area contributed by atoms with E-state index in [2.05, 4.69) is 23.2 Å². The van der Waals surface area contributed by atoms with Gasteiger partial charge in [-0.3, -0.25) is 14.8 Å². The largest absolute Gasteiger partial charge is 0.361 e. The van der Waals surface area contributed by atoms with E-state index >= 15 is 0 Å². The average molecular weight is 409 g/mol. The highest BCUT2D eigenvalue weighted by atomic mass is 16.5. The molecule has 2 aromatic carbocycles. The van der Waals surface area contributed by atoms with E-state index in [1.165, 1.54) is 5.39 Å². The minimum absolute atomic E-state index is 0.0398. The number of nitrogens with zero attached hydrogens (tertiary/aromatic N) is 1. The quantitative estimate of drug-likeness (QED) is 0.233. The summed E-state index contributed by atoms with van der Waals surface area (Å²) in [6.45, 7) is 0.540. The molecule has 7 heteroatoms. The van der Waals surface area contributed by atoms with Gasteiger partial charge in [-0.25, -0.2) is 5.48 Å². The monoisotopic (exact) mass is 408 g/mol. The van der Waals surface area contributed by atoms with Gasteiger partial charge < -0.3 is 15.6 Å². The fourth-order valence-electron chi connectivity index (χ4n) is 3.53.